The number of hydrogen-bond acceptors (Lipinski definition) is 4. The number of nitrogens with one attached hydrogen (secondary N) is 2. The molecule has 1 saturated heterocycles. The number of hydrogen-bond donors (Lipinski definition) is 2. The van der Waals surface area contributed by atoms with Crippen molar-refractivity contribution in [1.82, 2.24) is 10.6 Å². The Balaban J connectivity index is 1.61. The van der Waals surface area contributed by atoms with E-state index in [1.54, 1.807) is 0 Å². The third-order valence-electron chi connectivity index (χ3n) is 4.21. The Morgan fingerprint density at radius 3 is 2.78 bits per heavy atom. The van der Waals surface area contributed by atoms with Crippen molar-refractivity contribution in [3.8, 4) is 0 Å². The molecule has 2 rings (SSSR count). The summed E-state index contributed by atoms with van der Waals surface area (Å²) in [7, 11) is -2.78. The fourth-order valence-electron chi connectivity index (χ4n) is 2.90. The van der Waals surface area contributed by atoms with Gasteiger partial charge in [-0.3, -0.25) is 0 Å². The molecule has 2 fully saturated rings. The summed E-state index contributed by atoms with van der Waals surface area (Å²) in [4.78, 5) is 0. The summed E-state index contributed by atoms with van der Waals surface area (Å²) >= 11 is 0. The van der Waals surface area contributed by atoms with Gasteiger partial charge in [0.2, 0.25) is 0 Å². The van der Waals surface area contributed by atoms with Gasteiger partial charge in [0.1, 0.15) is 0 Å². The van der Waals surface area contributed by atoms with E-state index >= 15 is 0 Å². The summed E-state index contributed by atoms with van der Waals surface area (Å²) in [5.41, 5.74) is 0.584. The molecule has 0 bridgehead atoms. The molecule has 0 aromatic carbocycles. The molecule has 5 heteroatoms. The maximum absolute atomic E-state index is 11.5. The molecule has 1 saturated carbocycles. The van der Waals surface area contributed by atoms with E-state index in [1.807, 2.05) is 0 Å². The first-order valence-electron chi connectivity index (χ1n) is 7.20. The average Bonchev–Trinajstić information content (AvgIpc) is 3.04. The van der Waals surface area contributed by atoms with Gasteiger partial charge < -0.3 is 10.6 Å². The van der Waals surface area contributed by atoms with Crippen molar-refractivity contribution >= 4 is 9.84 Å². The van der Waals surface area contributed by atoms with E-state index in [2.05, 4.69) is 17.6 Å². The summed E-state index contributed by atoms with van der Waals surface area (Å²) < 4.78 is 23.0. The Morgan fingerprint density at radius 1 is 1.39 bits per heavy atom. The van der Waals surface area contributed by atoms with Crippen LogP contribution in [0.15, 0.2) is 0 Å². The predicted molar refractivity (Wildman–Crippen MR) is 74.5 cm³/mol. The van der Waals surface area contributed by atoms with Crippen LogP contribution in [-0.2, 0) is 9.84 Å². The number of rotatable bonds is 7. The summed E-state index contributed by atoms with van der Waals surface area (Å²) in [6.45, 7) is 4.91. The van der Waals surface area contributed by atoms with Crippen molar-refractivity contribution in [1.29, 1.82) is 0 Å². The lowest BCUT2D eigenvalue weighted by molar-refractivity contribution is 0.406. The van der Waals surface area contributed by atoms with Crippen molar-refractivity contribution in [3.63, 3.8) is 0 Å². The minimum atomic E-state index is -2.78. The van der Waals surface area contributed by atoms with Crippen LogP contribution < -0.4 is 10.6 Å². The monoisotopic (exact) mass is 274 g/mol. The maximum atomic E-state index is 11.5. The van der Waals surface area contributed by atoms with Gasteiger partial charge in [-0.05, 0) is 37.6 Å². The molecule has 2 aliphatic rings. The van der Waals surface area contributed by atoms with E-state index in [0.29, 0.717) is 23.5 Å². The van der Waals surface area contributed by atoms with E-state index in [4.69, 9.17) is 0 Å². The Hall–Kier alpha value is -0.130. The predicted octanol–water partition coefficient (Wildman–Crippen LogP) is 0.933. The molecule has 106 valence electrons. The molecule has 4 nitrogen and oxygen atoms in total. The van der Waals surface area contributed by atoms with Crippen LogP contribution in [0.5, 0.6) is 0 Å². The van der Waals surface area contributed by atoms with Crippen LogP contribution >= 0.6 is 0 Å². The first-order valence-corrected chi connectivity index (χ1v) is 9.02. The molecule has 0 aromatic rings. The Labute approximate surface area is 111 Å². The fraction of sp³-hybridized carbons (Fsp3) is 1.00. The van der Waals surface area contributed by atoms with Crippen LogP contribution in [-0.4, -0.2) is 45.6 Å². The van der Waals surface area contributed by atoms with Gasteiger partial charge in [-0.1, -0.05) is 13.3 Å². The second kappa shape index (κ2) is 5.88. The first kappa shape index (κ1) is 14.3. The third kappa shape index (κ3) is 4.21. The minimum absolute atomic E-state index is 0.151. The highest BCUT2D eigenvalue weighted by Gasteiger charge is 2.40. The lowest BCUT2D eigenvalue weighted by Crippen LogP contribution is -2.46. The van der Waals surface area contributed by atoms with Gasteiger partial charge in [-0.2, -0.15) is 0 Å². The number of sulfone groups is 1. The maximum Gasteiger partial charge on any atom is 0.153 e. The summed E-state index contributed by atoms with van der Waals surface area (Å²) in [6.07, 6.45) is 6.25. The van der Waals surface area contributed by atoms with Crippen molar-refractivity contribution in [2.24, 2.45) is 5.41 Å². The summed E-state index contributed by atoms with van der Waals surface area (Å²) in [6, 6.07) is 0.151. The molecule has 1 aliphatic heterocycles. The Morgan fingerprint density at radius 2 is 2.17 bits per heavy atom. The van der Waals surface area contributed by atoms with Crippen molar-refractivity contribution in [2.75, 3.05) is 31.1 Å². The van der Waals surface area contributed by atoms with Crippen LogP contribution in [0.1, 0.15) is 39.0 Å². The Bertz CT molecular complexity index is 363. The van der Waals surface area contributed by atoms with E-state index in [1.165, 1.54) is 25.7 Å². The summed E-state index contributed by atoms with van der Waals surface area (Å²) in [5, 5.41) is 6.81. The van der Waals surface area contributed by atoms with E-state index in [-0.39, 0.29) is 6.04 Å². The van der Waals surface area contributed by atoms with E-state index in [0.717, 1.165) is 19.5 Å². The SMILES string of the molecule is CCCC1(CNCCC2CS(=O)(=O)CCN2)CC1. The zero-order valence-corrected chi connectivity index (χ0v) is 12.2. The largest absolute Gasteiger partial charge is 0.316 e. The molecule has 2 N–H and O–H groups in total. The zero-order valence-electron chi connectivity index (χ0n) is 11.4. The van der Waals surface area contributed by atoms with E-state index in [9.17, 15) is 8.42 Å². The smallest absolute Gasteiger partial charge is 0.153 e. The molecule has 0 radical (unpaired) electrons. The lowest BCUT2D eigenvalue weighted by atomic mass is 10.0. The highest BCUT2D eigenvalue weighted by molar-refractivity contribution is 7.91. The van der Waals surface area contributed by atoms with Crippen LogP contribution in [0.4, 0.5) is 0 Å². The summed E-state index contributed by atoms with van der Waals surface area (Å²) in [5.74, 6) is 0.616. The lowest BCUT2D eigenvalue weighted by Gasteiger charge is -2.24. The van der Waals surface area contributed by atoms with E-state index < -0.39 is 9.84 Å². The van der Waals surface area contributed by atoms with Gasteiger partial charge >= 0.3 is 0 Å². The van der Waals surface area contributed by atoms with Crippen LogP contribution in [0, 0.1) is 5.41 Å². The van der Waals surface area contributed by atoms with Crippen LogP contribution in [0.2, 0.25) is 0 Å². The molecule has 1 heterocycles. The van der Waals surface area contributed by atoms with Crippen molar-refractivity contribution in [2.45, 2.75) is 45.1 Å². The van der Waals surface area contributed by atoms with Crippen LogP contribution in [0.25, 0.3) is 0 Å². The molecule has 0 amide bonds. The first-order chi connectivity index (χ1) is 8.55. The Kier molecular flexibility index (Phi) is 4.67. The molecule has 1 aliphatic carbocycles. The van der Waals surface area contributed by atoms with Gasteiger partial charge in [-0.25, -0.2) is 8.42 Å². The fourth-order valence-corrected chi connectivity index (χ4v) is 4.40. The molecule has 0 aromatic heterocycles. The standard InChI is InChI=1S/C13H26N2O2S/c1-2-4-13(5-6-13)11-14-7-3-12-10-18(16,17)9-8-15-12/h12,14-15H,2-11H2,1H3. The van der Waals surface area contributed by atoms with Gasteiger partial charge in [0.05, 0.1) is 11.5 Å². The highest BCUT2D eigenvalue weighted by atomic mass is 32.2. The molecular weight excluding hydrogens is 248 g/mol. The van der Waals surface area contributed by atoms with Crippen molar-refractivity contribution in [3.05, 3.63) is 0 Å². The normalized spacial score (nSPS) is 29.1. The minimum Gasteiger partial charge on any atom is -0.316 e. The van der Waals surface area contributed by atoms with Crippen molar-refractivity contribution < 1.29 is 8.42 Å². The molecule has 0 spiro atoms. The van der Waals surface area contributed by atoms with Gasteiger partial charge in [0, 0.05) is 19.1 Å². The van der Waals surface area contributed by atoms with Gasteiger partial charge in [-0.15, -0.1) is 0 Å². The molecule has 18 heavy (non-hydrogen) atoms. The molecule has 1 unspecified atom stereocenters. The molecule has 1 atom stereocenters. The van der Waals surface area contributed by atoms with Crippen LogP contribution in [0.3, 0.4) is 0 Å². The quantitative estimate of drug-likeness (QED) is 0.678. The second-order valence-corrected chi connectivity index (χ2v) is 8.21. The van der Waals surface area contributed by atoms with Gasteiger partial charge in [0.25, 0.3) is 0 Å². The topological polar surface area (TPSA) is 58.2 Å². The average molecular weight is 274 g/mol. The van der Waals surface area contributed by atoms with Gasteiger partial charge in [0.15, 0.2) is 9.84 Å². The second-order valence-electron chi connectivity index (χ2n) is 5.98. The highest BCUT2D eigenvalue weighted by Crippen LogP contribution is 2.48. The third-order valence-corrected chi connectivity index (χ3v) is 5.94. The zero-order chi connectivity index (χ0) is 13.1. The molecular formula is C13H26N2O2S.